The standard InChI is InChI=1S/C28H29ClN4O4/c1-17-23(28(34)37-16-15-18-11-13-20(29)14-12-18)24(21-9-5-6-10-22(21)33(35)36)25-26(19-7-3-4-8-19)31-32(2)27(25)30-17/h5-6,9-14,19,24,30H,3-4,7-8,15-16H2,1-2H3. The molecule has 0 saturated heterocycles. The molecule has 1 fully saturated rings. The fourth-order valence-electron chi connectivity index (χ4n) is 5.57. The van der Waals surface area contributed by atoms with Crippen molar-refractivity contribution in [3.05, 3.63) is 97.3 Å². The van der Waals surface area contributed by atoms with Gasteiger partial charge in [0, 0.05) is 47.3 Å². The van der Waals surface area contributed by atoms with E-state index in [9.17, 15) is 14.9 Å². The monoisotopic (exact) mass is 520 g/mol. The van der Waals surface area contributed by atoms with Gasteiger partial charge in [-0.05, 0) is 37.5 Å². The third kappa shape index (κ3) is 4.85. The summed E-state index contributed by atoms with van der Waals surface area (Å²) in [6, 6.07) is 14.0. The first-order valence-electron chi connectivity index (χ1n) is 12.5. The van der Waals surface area contributed by atoms with Gasteiger partial charge in [-0.2, -0.15) is 5.10 Å². The number of fused-ring (bicyclic) bond motifs is 1. The summed E-state index contributed by atoms with van der Waals surface area (Å²) in [6.45, 7) is 1.99. The second-order valence-electron chi connectivity index (χ2n) is 9.68. The molecule has 1 aliphatic carbocycles. The molecule has 8 nitrogen and oxygen atoms in total. The van der Waals surface area contributed by atoms with Crippen molar-refractivity contribution in [3.63, 3.8) is 0 Å². The summed E-state index contributed by atoms with van der Waals surface area (Å²) in [5, 5.41) is 20.9. The number of aromatic nitrogens is 2. The van der Waals surface area contributed by atoms with Crippen molar-refractivity contribution >= 4 is 29.1 Å². The number of carbonyl (C=O) groups excluding carboxylic acids is 1. The molecule has 5 rings (SSSR count). The SMILES string of the molecule is CC1=C(C(=O)OCCc2ccc(Cl)cc2)C(c2ccccc2[N+](=O)[O-])c2c(C3CCCC3)nn(C)c2N1. The minimum absolute atomic E-state index is 0.0270. The molecule has 0 bridgehead atoms. The van der Waals surface area contributed by atoms with Gasteiger partial charge in [-0.25, -0.2) is 4.79 Å². The van der Waals surface area contributed by atoms with Gasteiger partial charge in [-0.3, -0.25) is 14.8 Å². The highest BCUT2D eigenvalue weighted by Gasteiger charge is 2.42. The first-order valence-corrected chi connectivity index (χ1v) is 12.9. The molecule has 0 amide bonds. The number of nitrogens with one attached hydrogen (secondary N) is 1. The first kappa shape index (κ1) is 25.0. The Labute approximate surface area is 220 Å². The number of rotatable bonds is 7. The van der Waals surface area contributed by atoms with E-state index in [1.165, 1.54) is 6.07 Å². The highest BCUT2D eigenvalue weighted by Crippen LogP contribution is 2.49. The van der Waals surface area contributed by atoms with E-state index in [1.807, 2.05) is 26.1 Å². The Bertz CT molecular complexity index is 1370. The number of nitrogens with zero attached hydrogens (tertiary/aromatic N) is 3. The van der Waals surface area contributed by atoms with Gasteiger partial charge in [-0.15, -0.1) is 0 Å². The average Bonchev–Trinajstić information content (AvgIpc) is 3.53. The minimum atomic E-state index is -0.662. The van der Waals surface area contributed by atoms with E-state index >= 15 is 0 Å². The summed E-state index contributed by atoms with van der Waals surface area (Å²) in [5.41, 5.74) is 4.16. The number of nitro groups is 1. The van der Waals surface area contributed by atoms with Crippen LogP contribution in [0.5, 0.6) is 0 Å². The molecule has 192 valence electrons. The lowest BCUT2D eigenvalue weighted by Gasteiger charge is -2.29. The quantitative estimate of drug-likeness (QED) is 0.224. The summed E-state index contributed by atoms with van der Waals surface area (Å²) >= 11 is 5.97. The number of hydrogen-bond donors (Lipinski definition) is 1. The second-order valence-corrected chi connectivity index (χ2v) is 10.1. The van der Waals surface area contributed by atoms with Crippen molar-refractivity contribution in [3.8, 4) is 0 Å². The summed E-state index contributed by atoms with van der Waals surface area (Å²) in [4.78, 5) is 25.3. The van der Waals surface area contributed by atoms with Crippen LogP contribution in [0.4, 0.5) is 11.5 Å². The molecule has 0 spiro atoms. The number of carbonyl (C=O) groups is 1. The van der Waals surface area contributed by atoms with Crippen LogP contribution in [0.2, 0.25) is 5.02 Å². The topological polar surface area (TPSA) is 99.3 Å². The van der Waals surface area contributed by atoms with E-state index in [0.717, 1.165) is 48.3 Å². The maximum atomic E-state index is 13.6. The Kier molecular flexibility index (Phi) is 7.02. The van der Waals surface area contributed by atoms with Gasteiger partial charge in [0.05, 0.1) is 28.7 Å². The maximum Gasteiger partial charge on any atom is 0.336 e. The molecule has 1 atom stereocenters. The number of halogens is 1. The highest BCUT2D eigenvalue weighted by atomic mass is 35.5. The van der Waals surface area contributed by atoms with Crippen LogP contribution in [0.1, 0.15) is 66.8 Å². The predicted octanol–water partition coefficient (Wildman–Crippen LogP) is 6.26. The Balaban J connectivity index is 1.55. The summed E-state index contributed by atoms with van der Waals surface area (Å²) in [7, 11) is 1.86. The molecule has 9 heteroatoms. The van der Waals surface area contributed by atoms with Gasteiger partial charge in [0.25, 0.3) is 5.69 Å². The molecule has 1 aromatic heterocycles. The van der Waals surface area contributed by atoms with Crippen LogP contribution in [0.3, 0.4) is 0 Å². The van der Waals surface area contributed by atoms with Crippen molar-refractivity contribution in [2.24, 2.45) is 7.05 Å². The Morgan fingerprint density at radius 3 is 2.59 bits per heavy atom. The molecule has 2 heterocycles. The van der Waals surface area contributed by atoms with Crippen molar-refractivity contribution in [1.29, 1.82) is 0 Å². The third-order valence-corrected chi connectivity index (χ3v) is 7.60. The van der Waals surface area contributed by atoms with Crippen molar-refractivity contribution in [1.82, 2.24) is 9.78 Å². The number of benzene rings is 2. The Morgan fingerprint density at radius 1 is 1.19 bits per heavy atom. The number of nitro benzene ring substituents is 1. The van der Waals surface area contributed by atoms with Crippen LogP contribution < -0.4 is 5.32 Å². The Morgan fingerprint density at radius 2 is 1.89 bits per heavy atom. The fraction of sp³-hybridized carbons (Fsp3) is 0.357. The Hall–Kier alpha value is -3.65. The smallest absolute Gasteiger partial charge is 0.336 e. The fourth-order valence-corrected chi connectivity index (χ4v) is 5.70. The zero-order valence-electron chi connectivity index (χ0n) is 20.9. The summed E-state index contributed by atoms with van der Waals surface area (Å²) in [5.74, 6) is -0.137. The number of ether oxygens (including phenoxy) is 1. The van der Waals surface area contributed by atoms with Crippen LogP contribution in [-0.4, -0.2) is 27.3 Å². The normalized spacial score (nSPS) is 17.4. The van der Waals surface area contributed by atoms with E-state index < -0.39 is 11.9 Å². The molecule has 1 saturated carbocycles. The van der Waals surface area contributed by atoms with E-state index in [-0.39, 0.29) is 23.1 Å². The van der Waals surface area contributed by atoms with Crippen LogP contribution >= 0.6 is 11.6 Å². The van der Waals surface area contributed by atoms with Gasteiger partial charge in [-0.1, -0.05) is 54.8 Å². The summed E-state index contributed by atoms with van der Waals surface area (Å²) < 4.78 is 7.55. The first-order chi connectivity index (χ1) is 17.8. The van der Waals surface area contributed by atoms with Crippen molar-refractivity contribution in [2.45, 2.75) is 50.9 Å². The van der Waals surface area contributed by atoms with Crippen LogP contribution in [-0.2, 0) is 23.0 Å². The lowest BCUT2D eigenvalue weighted by atomic mass is 9.79. The molecular weight excluding hydrogens is 492 g/mol. The lowest BCUT2D eigenvalue weighted by Crippen LogP contribution is -2.26. The van der Waals surface area contributed by atoms with Gasteiger partial charge in [0.2, 0.25) is 0 Å². The van der Waals surface area contributed by atoms with Crippen LogP contribution in [0, 0.1) is 10.1 Å². The van der Waals surface area contributed by atoms with Gasteiger partial charge < -0.3 is 10.1 Å². The number of anilines is 1. The number of hydrogen-bond acceptors (Lipinski definition) is 6. The highest BCUT2D eigenvalue weighted by molar-refractivity contribution is 6.30. The minimum Gasteiger partial charge on any atom is -0.462 e. The maximum absolute atomic E-state index is 13.6. The number of allylic oxidation sites excluding steroid dienone is 1. The van der Waals surface area contributed by atoms with E-state index in [2.05, 4.69) is 5.32 Å². The molecule has 2 aromatic carbocycles. The molecular formula is C28H29ClN4O4. The third-order valence-electron chi connectivity index (χ3n) is 7.34. The largest absolute Gasteiger partial charge is 0.462 e. The van der Waals surface area contributed by atoms with E-state index in [4.69, 9.17) is 21.4 Å². The van der Waals surface area contributed by atoms with E-state index in [0.29, 0.717) is 28.3 Å². The van der Waals surface area contributed by atoms with Gasteiger partial charge in [0.15, 0.2) is 0 Å². The number of aryl methyl sites for hydroxylation is 1. The zero-order valence-corrected chi connectivity index (χ0v) is 21.6. The molecule has 1 unspecified atom stereocenters. The van der Waals surface area contributed by atoms with Crippen molar-refractivity contribution in [2.75, 3.05) is 11.9 Å². The molecule has 1 N–H and O–H groups in total. The lowest BCUT2D eigenvalue weighted by molar-refractivity contribution is -0.385. The van der Waals surface area contributed by atoms with Crippen LogP contribution in [0.25, 0.3) is 0 Å². The molecule has 1 aliphatic heterocycles. The zero-order chi connectivity index (χ0) is 26.1. The molecule has 2 aliphatic rings. The van der Waals surface area contributed by atoms with Crippen molar-refractivity contribution < 1.29 is 14.5 Å². The second kappa shape index (κ2) is 10.4. The van der Waals surface area contributed by atoms with Gasteiger partial charge >= 0.3 is 5.97 Å². The van der Waals surface area contributed by atoms with E-state index in [1.54, 1.807) is 35.0 Å². The molecule has 3 aromatic rings. The summed E-state index contributed by atoms with van der Waals surface area (Å²) in [6.07, 6.45) is 4.79. The molecule has 37 heavy (non-hydrogen) atoms. The predicted molar refractivity (Wildman–Crippen MR) is 142 cm³/mol. The van der Waals surface area contributed by atoms with Crippen LogP contribution in [0.15, 0.2) is 59.8 Å². The number of para-hydroxylation sites is 1. The molecule has 0 radical (unpaired) electrons. The number of esters is 1. The van der Waals surface area contributed by atoms with Gasteiger partial charge in [0.1, 0.15) is 5.82 Å². The average molecular weight is 521 g/mol.